The van der Waals surface area contributed by atoms with E-state index in [4.69, 9.17) is 21.1 Å². The average Bonchev–Trinajstić information content (AvgIpc) is 3.08. The maximum absolute atomic E-state index is 11.4. The molecule has 0 aliphatic heterocycles. The number of phenols is 1. The fraction of sp³-hybridized carbons (Fsp3) is 0.250. The number of esters is 1. The number of hydrogen-bond donors (Lipinski definition) is 1. The zero-order valence-corrected chi connectivity index (χ0v) is 16.4. The molecule has 0 fully saturated rings. The minimum absolute atomic E-state index is 0.0636. The van der Waals surface area contributed by atoms with Gasteiger partial charge in [0.2, 0.25) is 0 Å². The molecule has 146 valence electrons. The Morgan fingerprint density at radius 3 is 2.71 bits per heavy atom. The molecule has 1 heterocycles. The van der Waals surface area contributed by atoms with Gasteiger partial charge in [-0.25, -0.2) is 4.79 Å². The normalized spacial score (nSPS) is 10.8. The van der Waals surface area contributed by atoms with E-state index in [0.29, 0.717) is 45.9 Å². The lowest BCUT2D eigenvalue weighted by Gasteiger charge is -2.11. The fourth-order valence-electron chi connectivity index (χ4n) is 2.66. The zero-order valence-electron chi connectivity index (χ0n) is 15.6. The molecule has 0 unspecified atom stereocenters. The summed E-state index contributed by atoms with van der Waals surface area (Å²) in [5.74, 6) is -0.160. The van der Waals surface area contributed by atoms with Crippen molar-refractivity contribution in [2.75, 3.05) is 13.7 Å². The highest BCUT2D eigenvalue weighted by Gasteiger charge is 2.15. The summed E-state index contributed by atoms with van der Waals surface area (Å²) in [4.78, 5) is 12.8. The van der Waals surface area contributed by atoms with Crippen molar-refractivity contribution < 1.29 is 19.4 Å². The number of methoxy groups -OCH3 is 1. The Hall–Kier alpha value is -3.06. The fourth-order valence-corrected chi connectivity index (χ4v) is 2.83. The number of halogens is 1. The number of aromatic hydroxyl groups is 1. The highest BCUT2D eigenvalue weighted by molar-refractivity contribution is 6.31. The molecular formula is C20H20ClN3O4. The van der Waals surface area contributed by atoms with E-state index in [1.807, 2.05) is 0 Å². The lowest BCUT2D eigenvalue weighted by Crippen LogP contribution is -2.07. The topological polar surface area (TPSA) is 86.5 Å². The van der Waals surface area contributed by atoms with Crippen LogP contribution in [0, 0.1) is 0 Å². The first kappa shape index (κ1) is 19.7. The monoisotopic (exact) mass is 401 g/mol. The third-order valence-corrected chi connectivity index (χ3v) is 4.32. The summed E-state index contributed by atoms with van der Waals surface area (Å²) >= 11 is 6.00. The number of carbonyl (C=O) groups excluding carboxylic acids is 1. The van der Waals surface area contributed by atoms with Gasteiger partial charge in [-0.3, -0.25) is 0 Å². The Morgan fingerprint density at radius 2 is 2.00 bits per heavy atom. The predicted molar refractivity (Wildman–Crippen MR) is 106 cm³/mol. The van der Waals surface area contributed by atoms with E-state index in [-0.39, 0.29) is 12.4 Å². The largest absolute Gasteiger partial charge is 0.503 e. The van der Waals surface area contributed by atoms with Crippen LogP contribution < -0.4 is 4.74 Å². The molecule has 8 heteroatoms. The molecule has 3 aromatic rings. The zero-order chi connectivity index (χ0) is 20.3. The van der Waals surface area contributed by atoms with Crippen molar-refractivity contribution in [1.82, 2.24) is 15.0 Å². The average molecular weight is 402 g/mol. The summed E-state index contributed by atoms with van der Waals surface area (Å²) < 4.78 is 10.4. The molecule has 0 radical (unpaired) electrons. The molecule has 0 aliphatic carbocycles. The number of phenolic OH excluding ortho intramolecular Hbond substituents is 1. The van der Waals surface area contributed by atoms with Crippen molar-refractivity contribution in [2.45, 2.75) is 19.8 Å². The van der Waals surface area contributed by atoms with Crippen LogP contribution in [0.4, 0.5) is 0 Å². The van der Waals surface area contributed by atoms with Crippen LogP contribution >= 0.6 is 11.6 Å². The standard InChI is InChI=1S/C20H20ClN3O4/c1-12(2)20(26)28-8-4-5-13-9-17(19(25)18(10-13)27-3)24-22-15-7-6-14(21)11-16(15)23-24/h6-7,9-11,25H,1,4-5,8H2,2-3H3. The van der Waals surface area contributed by atoms with Gasteiger partial charge >= 0.3 is 5.97 Å². The van der Waals surface area contributed by atoms with Crippen molar-refractivity contribution in [3.8, 4) is 17.2 Å². The van der Waals surface area contributed by atoms with E-state index in [9.17, 15) is 9.90 Å². The molecule has 0 aliphatic rings. The number of rotatable bonds is 7. The molecule has 0 saturated heterocycles. The van der Waals surface area contributed by atoms with Gasteiger partial charge in [0.1, 0.15) is 16.7 Å². The molecule has 1 N–H and O–H groups in total. The van der Waals surface area contributed by atoms with Crippen LogP contribution in [-0.2, 0) is 16.0 Å². The Balaban J connectivity index is 1.85. The summed E-state index contributed by atoms with van der Waals surface area (Å²) in [6, 6.07) is 8.70. The molecule has 3 rings (SSSR count). The summed E-state index contributed by atoms with van der Waals surface area (Å²) in [5.41, 5.74) is 2.91. The van der Waals surface area contributed by atoms with Crippen LogP contribution in [0.3, 0.4) is 0 Å². The van der Waals surface area contributed by atoms with Crippen molar-refractivity contribution in [3.63, 3.8) is 0 Å². The molecule has 0 saturated carbocycles. The predicted octanol–water partition coefficient (Wildman–Crippen LogP) is 3.84. The van der Waals surface area contributed by atoms with Gasteiger partial charge < -0.3 is 14.6 Å². The van der Waals surface area contributed by atoms with E-state index in [1.165, 1.54) is 11.9 Å². The highest BCUT2D eigenvalue weighted by Crippen LogP contribution is 2.34. The number of hydrogen-bond acceptors (Lipinski definition) is 6. The Kier molecular flexibility index (Phi) is 5.84. The highest BCUT2D eigenvalue weighted by atomic mass is 35.5. The van der Waals surface area contributed by atoms with E-state index < -0.39 is 5.97 Å². The van der Waals surface area contributed by atoms with Gasteiger partial charge in [0.05, 0.1) is 13.7 Å². The van der Waals surface area contributed by atoms with Crippen LogP contribution in [0.5, 0.6) is 11.5 Å². The van der Waals surface area contributed by atoms with E-state index in [1.54, 1.807) is 37.3 Å². The van der Waals surface area contributed by atoms with Crippen LogP contribution in [0.15, 0.2) is 42.5 Å². The second kappa shape index (κ2) is 8.31. The van der Waals surface area contributed by atoms with Gasteiger partial charge in [-0.15, -0.1) is 15.0 Å². The number of ether oxygens (including phenoxy) is 2. The molecule has 2 aromatic carbocycles. The molecule has 28 heavy (non-hydrogen) atoms. The van der Waals surface area contributed by atoms with Crippen LogP contribution in [0.2, 0.25) is 5.02 Å². The minimum atomic E-state index is -0.407. The minimum Gasteiger partial charge on any atom is -0.503 e. The molecular weight excluding hydrogens is 382 g/mol. The van der Waals surface area contributed by atoms with Crippen molar-refractivity contribution in [1.29, 1.82) is 0 Å². The molecule has 0 spiro atoms. The maximum Gasteiger partial charge on any atom is 0.333 e. The van der Waals surface area contributed by atoms with Gasteiger partial charge in [0.25, 0.3) is 0 Å². The van der Waals surface area contributed by atoms with Crippen LogP contribution in [-0.4, -0.2) is 39.8 Å². The van der Waals surface area contributed by atoms with Crippen LogP contribution in [0.25, 0.3) is 16.7 Å². The third kappa shape index (κ3) is 4.26. The second-order valence-corrected chi connectivity index (χ2v) is 6.74. The first-order chi connectivity index (χ1) is 13.4. The van der Waals surface area contributed by atoms with Gasteiger partial charge in [-0.05, 0) is 55.7 Å². The van der Waals surface area contributed by atoms with Gasteiger partial charge in [0, 0.05) is 10.6 Å². The smallest absolute Gasteiger partial charge is 0.333 e. The van der Waals surface area contributed by atoms with Gasteiger partial charge in [-0.2, -0.15) is 0 Å². The van der Waals surface area contributed by atoms with E-state index in [2.05, 4.69) is 16.8 Å². The van der Waals surface area contributed by atoms with Gasteiger partial charge in [-0.1, -0.05) is 18.2 Å². The molecule has 0 bridgehead atoms. The lowest BCUT2D eigenvalue weighted by atomic mass is 10.1. The summed E-state index contributed by atoms with van der Waals surface area (Å²) in [6.45, 7) is 5.42. The number of nitrogens with zero attached hydrogens (tertiary/aromatic N) is 3. The quantitative estimate of drug-likeness (QED) is 0.367. The molecule has 0 atom stereocenters. The Bertz CT molecular complexity index is 1050. The van der Waals surface area contributed by atoms with Gasteiger partial charge in [0.15, 0.2) is 11.5 Å². The lowest BCUT2D eigenvalue weighted by molar-refractivity contribution is -0.139. The molecule has 1 aromatic heterocycles. The van der Waals surface area contributed by atoms with E-state index >= 15 is 0 Å². The van der Waals surface area contributed by atoms with E-state index in [0.717, 1.165) is 5.56 Å². The Morgan fingerprint density at radius 1 is 1.25 bits per heavy atom. The maximum atomic E-state index is 11.4. The summed E-state index contributed by atoms with van der Waals surface area (Å²) in [5, 5.41) is 19.9. The first-order valence-electron chi connectivity index (χ1n) is 8.64. The van der Waals surface area contributed by atoms with Crippen molar-refractivity contribution >= 4 is 28.6 Å². The van der Waals surface area contributed by atoms with Crippen molar-refractivity contribution in [3.05, 3.63) is 53.1 Å². The molecule has 7 nitrogen and oxygen atoms in total. The number of benzene rings is 2. The summed E-state index contributed by atoms with van der Waals surface area (Å²) in [7, 11) is 1.48. The number of aryl methyl sites for hydroxylation is 1. The van der Waals surface area contributed by atoms with Crippen molar-refractivity contribution in [2.24, 2.45) is 0 Å². The summed E-state index contributed by atoms with van der Waals surface area (Å²) in [6.07, 6.45) is 1.22. The number of aromatic nitrogens is 3. The SMILES string of the molecule is C=C(C)C(=O)OCCCc1cc(OC)c(O)c(-n2nc3ccc(Cl)cc3n2)c1. The Labute approximate surface area is 167 Å². The second-order valence-electron chi connectivity index (χ2n) is 6.31. The first-order valence-corrected chi connectivity index (χ1v) is 9.02. The number of carbonyl (C=O) groups is 1. The van der Waals surface area contributed by atoms with Crippen LogP contribution in [0.1, 0.15) is 18.9 Å². The molecule has 0 amide bonds. The third-order valence-electron chi connectivity index (χ3n) is 4.08. The number of fused-ring (bicyclic) bond motifs is 1.